The van der Waals surface area contributed by atoms with Crippen LogP contribution in [0.2, 0.25) is 0 Å². The van der Waals surface area contributed by atoms with Crippen LogP contribution in [0.3, 0.4) is 0 Å². The molecule has 1 aliphatic heterocycles. The maximum Gasteiger partial charge on any atom is 0.249 e. The van der Waals surface area contributed by atoms with E-state index in [1.54, 1.807) is 0 Å². The number of carbonyl (C=O) groups is 1. The Balaban J connectivity index is 2.05. The zero-order valence-corrected chi connectivity index (χ0v) is 9.53. The van der Waals surface area contributed by atoms with Crippen LogP contribution >= 0.6 is 0 Å². The molecule has 0 bridgehead atoms. The molecule has 3 heteroatoms. The molecule has 84 valence electrons. The van der Waals surface area contributed by atoms with E-state index in [2.05, 4.69) is 13.0 Å². The van der Waals surface area contributed by atoms with E-state index in [4.69, 9.17) is 4.74 Å². The molecule has 1 aliphatic carbocycles. The minimum absolute atomic E-state index is 0.157. The predicted molar refractivity (Wildman–Crippen MR) is 58.5 cm³/mol. The number of hydrogen-bond donors (Lipinski definition) is 0. The van der Waals surface area contributed by atoms with Crippen molar-refractivity contribution in [3.63, 3.8) is 0 Å². The van der Waals surface area contributed by atoms with E-state index in [-0.39, 0.29) is 18.1 Å². The van der Waals surface area contributed by atoms with Crippen LogP contribution in [0.4, 0.5) is 0 Å². The minimum atomic E-state index is 0.157. The van der Waals surface area contributed by atoms with Crippen molar-refractivity contribution < 1.29 is 9.53 Å². The van der Waals surface area contributed by atoms with Gasteiger partial charge < -0.3 is 9.64 Å². The minimum Gasteiger partial charge on any atom is -0.375 e. The average molecular weight is 209 g/mol. The second-order valence-electron chi connectivity index (χ2n) is 4.44. The van der Waals surface area contributed by atoms with Gasteiger partial charge in [0.15, 0.2) is 0 Å². The second kappa shape index (κ2) is 4.35. The van der Waals surface area contributed by atoms with Gasteiger partial charge in [-0.25, -0.2) is 0 Å². The molecule has 1 heterocycles. The van der Waals surface area contributed by atoms with Crippen molar-refractivity contribution in [3.8, 4) is 0 Å². The third kappa shape index (κ3) is 2.07. The van der Waals surface area contributed by atoms with E-state index < -0.39 is 0 Å². The fourth-order valence-corrected chi connectivity index (χ4v) is 2.27. The Morgan fingerprint density at radius 1 is 1.53 bits per heavy atom. The molecule has 3 nitrogen and oxygen atoms in total. The van der Waals surface area contributed by atoms with Crippen molar-refractivity contribution in [1.82, 2.24) is 4.90 Å². The van der Waals surface area contributed by atoms with Gasteiger partial charge in [0, 0.05) is 12.1 Å². The Labute approximate surface area is 91.1 Å². The lowest BCUT2D eigenvalue weighted by Crippen LogP contribution is -2.51. The summed E-state index contributed by atoms with van der Waals surface area (Å²) in [6, 6.07) is 0.202. The molecule has 0 spiro atoms. The summed E-state index contributed by atoms with van der Waals surface area (Å²) in [5.74, 6) is 0.232. The number of morpholine rings is 1. The molecule has 2 unspecified atom stereocenters. The molecular formula is C12H19NO2. The summed E-state index contributed by atoms with van der Waals surface area (Å²) in [7, 11) is 0. The summed E-state index contributed by atoms with van der Waals surface area (Å²) < 4.78 is 5.52. The molecule has 0 aromatic heterocycles. The first-order valence-electron chi connectivity index (χ1n) is 5.82. The lowest BCUT2D eigenvalue weighted by Gasteiger charge is -2.38. The van der Waals surface area contributed by atoms with Gasteiger partial charge in [-0.05, 0) is 33.1 Å². The Hall–Kier alpha value is -0.830. The van der Waals surface area contributed by atoms with Gasteiger partial charge in [0.25, 0.3) is 0 Å². The molecule has 0 saturated carbocycles. The molecule has 1 amide bonds. The van der Waals surface area contributed by atoms with Crippen LogP contribution in [0.25, 0.3) is 0 Å². The molecule has 1 fully saturated rings. The van der Waals surface area contributed by atoms with E-state index in [1.165, 1.54) is 0 Å². The normalized spacial score (nSPS) is 31.6. The molecule has 0 aromatic rings. The van der Waals surface area contributed by atoms with Crippen molar-refractivity contribution >= 4 is 5.91 Å². The zero-order chi connectivity index (χ0) is 10.8. The van der Waals surface area contributed by atoms with E-state index in [0.29, 0.717) is 6.61 Å². The van der Waals surface area contributed by atoms with Crippen molar-refractivity contribution in [2.24, 2.45) is 0 Å². The number of ether oxygens (including phenoxy) is 1. The Kier molecular flexibility index (Phi) is 3.10. The van der Waals surface area contributed by atoms with Crippen LogP contribution in [-0.4, -0.2) is 36.1 Å². The van der Waals surface area contributed by atoms with Crippen LogP contribution in [0, 0.1) is 0 Å². The fourth-order valence-electron chi connectivity index (χ4n) is 2.27. The summed E-state index contributed by atoms with van der Waals surface area (Å²) >= 11 is 0. The lowest BCUT2D eigenvalue weighted by atomic mass is 10.1. The largest absolute Gasteiger partial charge is 0.375 e. The highest BCUT2D eigenvalue weighted by atomic mass is 16.5. The second-order valence-corrected chi connectivity index (χ2v) is 4.44. The molecule has 0 N–H and O–H groups in total. The van der Waals surface area contributed by atoms with E-state index in [9.17, 15) is 4.79 Å². The van der Waals surface area contributed by atoms with Gasteiger partial charge in [-0.1, -0.05) is 6.08 Å². The topological polar surface area (TPSA) is 29.5 Å². The first-order chi connectivity index (χ1) is 7.20. The van der Waals surface area contributed by atoms with Gasteiger partial charge in [-0.15, -0.1) is 0 Å². The van der Waals surface area contributed by atoms with Crippen molar-refractivity contribution in [1.29, 1.82) is 0 Å². The first kappa shape index (κ1) is 10.7. The van der Waals surface area contributed by atoms with Crippen LogP contribution < -0.4 is 0 Å². The third-order valence-electron chi connectivity index (χ3n) is 3.46. The van der Waals surface area contributed by atoms with Crippen LogP contribution in [-0.2, 0) is 9.53 Å². The molecule has 0 aromatic carbocycles. The Morgan fingerprint density at radius 2 is 2.33 bits per heavy atom. The molecule has 2 rings (SSSR count). The summed E-state index contributed by atoms with van der Waals surface area (Å²) in [5, 5.41) is 0. The molecule has 2 aliphatic rings. The van der Waals surface area contributed by atoms with Crippen LogP contribution in [0.1, 0.15) is 33.1 Å². The van der Waals surface area contributed by atoms with Gasteiger partial charge in [-0.3, -0.25) is 4.79 Å². The molecule has 1 saturated heterocycles. The van der Waals surface area contributed by atoms with Gasteiger partial charge in [0.05, 0.1) is 18.8 Å². The number of nitrogens with zero attached hydrogens (tertiary/aromatic N) is 1. The molecule has 0 radical (unpaired) electrons. The zero-order valence-electron chi connectivity index (χ0n) is 9.53. The Bertz CT molecular complexity index is 285. The van der Waals surface area contributed by atoms with Gasteiger partial charge in [0.1, 0.15) is 0 Å². The van der Waals surface area contributed by atoms with Crippen LogP contribution in [0.15, 0.2) is 11.6 Å². The predicted octanol–water partition coefficient (Wildman–Crippen LogP) is 1.73. The standard InChI is InChI=1S/C12H19NO2/c1-9-10(2)15-8-7-13(9)12(14)11-5-3-4-6-11/h5,9-10H,3-4,6-8H2,1-2H3. The third-order valence-corrected chi connectivity index (χ3v) is 3.46. The van der Waals surface area contributed by atoms with E-state index >= 15 is 0 Å². The molecular weight excluding hydrogens is 190 g/mol. The van der Waals surface area contributed by atoms with Crippen molar-refractivity contribution in [3.05, 3.63) is 11.6 Å². The van der Waals surface area contributed by atoms with Gasteiger partial charge in [-0.2, -0.15) is 0 Å². The van der Waals surface area contributed by atoms with E-state index in [0.717, 1.165) is 31.4 Å². The van der Waals surface area contributed by atoms with Gasteiger partial charge >= 0.3 is 0 Å². The van der Waals surface area contributed by atoms with Gasteiger partial charge in [0.2, 0.25) is 5.91 Å². The number of hydrogen-bond acceptors (Lipinski definition) is 2. The molecule has 15 heavy (non-hydrogen) atoms. The maximum atomic E-state index is 12.2. The Morgan fingerprint density at radius 3 is 3.00 bits per heavy atom. The summed E-state index contributed by atoms with van der Waals surface area (Å²) in [5.41, 5.74) is 1.01. The smallest absolute Gasteiger partial charge is 0.249 e. The van der Waals surface area contributed by atoms with E-state index in [1.807, 2.05) is 11.8 Å². The van der Waals surface area contributed by atoms with Crippen molar-refractivity contribution in [2.45, 2.75) is 45.3 Å². The van der Waals surface area contributed by atoms with Crippen LogP contribution in [0.5, 0.6) is 0 Å². The highest BCUT2D eigenvalue weighted by Crippen LogP contribution is 2.23. The first-order valence-corrected chi connectivity index (χ1v) is 5.82. The number of carbonyl (C=O) groups excluding carboxylic acids is 1. The fraction of sp³-hybridized carbons (Fsp3) is 0.750. The maximum absolute atomic E-state index is 12.2. The summed E-state index contributed by atoms with van der Waals surface area (Å²) in [4.78, 5) is 14.1. The summed E-state index contributed by atoms with van der Waals surface area (Å²) in [6.45, 7) is 5.51. The number of rotatable bonds is 1. The number of amides is 1. The highest BCUT2D eigenvalue weighted by Gasteiger charge is 2.30. The molecule has 2 atom stereocenters. The quantitative estimate of drug-likeness (QED) is 0.658. The highest BCUT2D eigenvalue weighted by molar-refractivity contribution is 5.94. The average Bonchev–Trinajstić information content (AvgIpc) is 2.74. The van der Waals surface area contributed by atoms with Crippen molar-refractivity contribution in [2.75, 3.05) is 13.2 Å². The monoisotopic (exact) mass is 209 g/mol. The number of allylic oxidation sites excluding steroid dienone is 1. The summed E-state index contributed by atoms with van der Waals surface area (Å²) in [6.07, 6.45) is 5.40. The lowest BCUT2D eigenvalue weighted by molar-refractivity contribution is -0.139. The SMILES string of the molecule is CC1OCCN(C(=O)C2=CCCC2)C1C.